The molecule has 0 aromatic heterocycles. The van der Waals surface area contributed by atoms with Gasteiger partial charge in [0, 0.05) is 21.5 Å². The average Bonchev–Trinajstić information content (AvgIpc) is 2.46. The Hall–Kier alpha value is -0.0900. The first-order valence-electron chi connectivity index (χ1n) is 7.72. The Labute approximate surface area is 141 Å². The Kier molecular flexibility index (Phi) is 5.75. The van der Waals surface area contributed by atoms with E-state index in [1.54, 1.807) is 0 Å². The lowest BCUT2D eigenvalue weighted by atomic mass is 9.64. The molecule has 0 bridgehead atoms. The SMILES string of the molecule is CC(C)C1CCC(CN)(C(O)c2ccc(Cl)cc2Br)CC1. The lowest BCUT2D eigenvalue weighted by Crippen LogP contribution is -2.41. The van der Waals surface area contributed by atoms with Gasteiger partial charge in [-0.1, -0.05) is 47.4 Å². The van der Waals surface area contributed by atoms with Gasteiger partial charge in [-0.3, -0.25) is 0 Å². The molecule has 1 aliphatic rings. The third-order valence-corrected chi connectivity index (χ3v) is 6.13. The minimum atomic E-state index is -0.540. The van der Waals surface area contributed by atoms with Crippen LogP contribution in [0.1, 0.15) is 51.2 Å². The van der Waals surface area contributed by atoms with Crippen molar-refractivity contribution < 1.29 is 5.11 Å². The molecule has 1 unspecified atom stereocenters. The quantitative estimate of drug-likeness (QED) is 0.785. The van der Waals surface area contributed by atoms with Crippen LogP contribution in [0, 0.1) is 17.3 Å². The van der Waals surface area contributed by atoms with Crippen LogP contribution in [0.15, 0.2) is 22.7 Å². The average molecular weight is 375 g/mol. The van der Waals surface area contributed by atoms with Crippen molar-refractivity contribution in [2.45, 2.75) is 45.6 Å². The zero-order valence-electron chi connectivity index (χ0n) is 12.8. The molecule has 2 rings (SSSR count). The molecule has 1 fully saturated rings. The summed E-state index contributed by atoms with van der Waals surface area (Å²) in [7, 11) is 0. The number of rotatable bonds is 4. The van der Waals surface area contributed by atoms with Crippen molar-refractivity contribution in [3.8, 4) is 0 Å². The largest absolute Gasteiger partial charge is 0.388 e. The van der Waals surface area contributed by atoms with Gasteiger partial charge in [0.15, 0.2) is 0 Å². The standard InChI is InChI=1S/C17H25BrClNO/c1-11(2)12-5-7-17(10-20,8-6-12)16(21)14-4-3-13(19)9-15(14)18/h3-4,9,11-12,16,21H,5-8,10,20H2,1-2H3. The van der Waals surface area contributed by atoms with E-state index in [0.29, 0.717) is 17.5 Å². The number of benzene rings is 1. The lowest BCUT2D eigenvalue weighted by molar-refractivity contribution is -0.0152. The number of nitrogens with two attached hydrogens (primary N) is 1. The van der Waals surface area contributed by atoms with E-state index in [9.17, 15) is 5.11 Å². The van der Waals surface area contributed by atoms with Crippen LogP contribution in [-0.4, -0.2) is 11.7 Å². The van der Waals surface area contributed by atoms with E-state index in [0.717, 1.165) is 41.6 Å². The topological polar surface area (TPSA) is 46.2 Å². The molecule has 118 valence electrons. The van der Waals surface area contributed by atoms with Crippen molar-refractivity contribution in [1.29, 1.82) is 0 Å². The second-order valence-electron chi connectivity index (χ2n) is 6.72. The van der Waals surface area contributed by atoms with Crippen LogP contribution in [0.3, 0.4) is 0 Å². The van der Waals surface area contributed by atoms with E-state index in [1.807, 2.05) is 18.2 Å². The van der Waals surface area contributed by atoms with E-state index in [-0.39, 0.29) is 5.41 Å². The fourth-order valence-electron chi connectivity index (χ4n) is 3.52. The van der Waals surface area contributed by atoms with Gasteiger partial charge in [-0.25, -0.2) is 0 Å². The summed E-state index contributed by atoms with van der Waals surface area (Å²) in [5.74, 6) is 1.46. The molecule has 0 aliphatic heterocycles. The Morgan fingerprint density at radius 2 is 2.00 bits per heavy atom. The van der Waals surface area contributed by atoms with Crippen molar-refractivity contribution in [3.63, 3.8) is 0 Å². The smallest absolute Gasteiger partial charge is 0.0869 e. The molecule has 1 atom stereocenters. The van der Waals surface area contributed by atoms with Crippen molar-refractivity contribution in [2.24, 2.45) is 23.0 Å². The van der Waals surface area contributed by atoms with Gasteiger partial charge in [-0.2, -0.15) is 0 Å². The highest BCUT2D eigenvalue weighted by molar-refractivity contribution is 9.10. The second kappa shape index (κ2) is 6.99. The Balaban J connectivity index is 2.21. The predicted octanol–water partition coefficient (Wildman–Crippen LogP) is 4.93. The molecule has 21 heavy (non-hydrogen) atoms. The molecule has 1 aliphatic carbocycles. The number of hydrogen-bond acceptors (Lipinski definition) is 2. The molecule has 2 nitrogen and oxygen atoms in total. The van der Waals surface area contributed by atoms with Crippen LogP contribution in [0.2, 0.25) is 5.02 Å². The van der Waals surface area contributed by atoms with E-state index >= 15 is 0 Å². The maximum absolute atomic E-state index is 10.9. The number of aliphatic hydroxyl groups is 1. The molecule has 1 aromatic carbocycles. The Bertz CT molecular complexity index is 484. The van der Waals surface area contributed by atoms with Crippen LogP contribution in [0.4, 0.5) is 0 Å². The summed E-state index contributed by atoms with van der Waals surface area (Å²) in [6.45, 7) is 5.09. The van der Waals surface area contributed by atoms with Crippen molar-refractivity contribution in [2.75, 3.05) is 6.54 Å². The first-order valence-corrected chi connectivity index (χ1v) is 8.90. The van der Waals surface area contributed by atoms with Gasteiger partial charge in [0.25, 0.3) is 0 Å². The highest BCUT2D eigenvalue weighted by atomic mass is 79.9. The van der Waals surface area contributed by atoms with Gasteiger partial charge in [0.1, 0.15) is 0 Å². The first-order chi connectivity index (χ1) is 9.89. The molecular weight excluding hydrogens is 350 g/mol. The third-order valence-electron chi connectivity index (χ3n) is 5.21. The summed E-state index contributed by atoms with van der Waals surface area (Å²) in [6.07, 6.45) is 3.74. The highest BCUT2D eigenvalue weighted by Gasteiger charge is 2.41. The molecule has 0 heterocycles. The molecule has 3 N–H and O–H groups in total. The summed E-state index contributed by atoms with van der Waals surface area (Å²) in [6, 6.07) is 5.57. The van der Waals surface area contributed by atoms with E-state index < -0.39 is 6.10 Å². The number of halogens is 2. The van der Waals surface area contributed by atoms with Gasteiger partial charge in [0.05, 0.1) is 6.10 Å². The summed E-state index contributed by atoms with van der Waals surface area (Å²) in [5.41, 5.74) is 6.77. The molecule has 1 aromatic rings. The van der Waals surface area contributed by atoms with Crippen LogP contribution < -0.4 is 5.73 Å². The fourth-order valence-corrected chi connectivity index (χ4v) is 4.42. The van der Waals surface area contributed by atoms with Gasteiger partial charge in [0.2, 0.25) is 0 Å². The first kappa shape index (κ1) is 17.3. The third kappa shape index (κ3) is 3.64. The van der Waals surface area contributed by atoms with E-state index in [1.165, 1.54) is 0 Å². The van der Waals surface area contributed by atoms with Crippen molar-refractivity contribution in [3.05, 3.63) is 33.3 Å². The van der Waals surface area contributed by atoms with E-state index in [2.05, 4.69) is 29.8 Å². The summed E-state index contributed by atoms with van der Waals surface area (Å²) < 4.78 is 0.862. The van der Waals surface area contributed by atoms with Crippen LogP contribution in [-0.2, 0) is 0 Å². The number of hydrogen-bond donors (Lipinski definition) is 2. The minimum absolute atomic E-state index is 0.207. The fraction of sp³-hybridized carbons (Fsp3) is 0.647. The normalized spacial score (nSPS) is 27.9. The maximum Gasteiger partial charge on any atom is 0.0869 e. The molecular formula is C17H25BrClNO. The van der Waals surface area contributed by atoms with Crippen molar-refractivity contribution in [1.82, 2.24) is 0 Å². The van der Waals surface area contributed by atoms with Crippen LogP contribution in [0.25, 0.3) is 0 Å². The molecule has 0 radical (unpaired) electrons. The monoisotopic (exact) mass is 373 g/mol. The second-order valence-corrected chi connectivity index (χ2v) is 8.01. The summed E-state index contributed by atoms with van der Waals surface area (Å²) in [4.78, 5) is 0. The lowest BCUT2D eigenvalue weighted by Gasteiger charge is -2.44. The van der Waals surface area contributed by atoms with Gasteiger partial charge >= 0.3 is 0 Å². The van der Waals surface area contributed by atoms with E-state index in [4.69, 9.17) is 17.3 Å². The van der Waals surface area contributed by atoms with Gasteiger partial charge in [-0.05, 0) is 55.2 Å². The zero-order valence-corrected chi connectivity index (χ0v) is 15.1. The predicted molar refractivity (Wildman–Crippen MR) is 92.4 cm³/mol. The molecule has 0 spiro atoms. The molecule has 0 saturated heterocycles. The van der Waals surface area contributed by atoms with Crippen LogP contribution >= 0.6 is 27.5 Å². The Morgan fingerprint density at radius 3 is 2.48 bits per heavy atom. The van der Waals surface area contributed by atoms with Gasteiger partial charge < -0.3 is 10.8 Å². The number of aliphatic hydroxyl groups excluding tert-OH is 1. The Morgan fingerprint density at radius 1 is 1.38 bits per heavy atom. The van der Waals surface area contributed by atoms with Crippen molar-refractivity contribution >= 4 is 27.5 Å². The highest BCUT2D eigenvalue weighted by Crippen LogP contribution is 2.49. The van der Waals surface area contributed by atoms with Crippen LogP contribution in [0.5, 0.6) is 0 Å². The maximum atomic E-state index is 10.9. The molecule has 4 heteroatoms. The summed E-state index contributed by atoms with van der Waals surface area (Å²) >= 11 is 9.51. The zero-order chi connectivity index (χ0) is 15.6. The van der Waals surface area contributed by atoms with Gasteiger partial charge in [-0.15, -0.1) is 0 Å². The molecule has 0 amide bonds. The summed E-state index contributed by atoms with van der Waals surface area (Å²) in [5, 5.41) is 11.6. The molecule has 1 saturated carbocycles. The minimum Gasteiger partial charge on any atom is -0.388 e.